The van der Waals surface area contributed by atoms with E-state index in [0.29, 0.717) is 12.5 Å². The van der Waals surface area contributed by atoms with Crippen molar-refractivity contribution in [1.29, 1.82) is 0 Å². The fourth-order valence-corrected chi connectivity index (χ4v) is 4.43. The van der Waals surface area contributed by atoms with E-state index in [9.17, 15) is 0 Å². The van der Waals surface area contributed by atoms with Crippen molar-refractivity contribution in [2.75, 3.05) is 6.61 Å². The van der Waals surface area contributed by atoms with Crippen molar-refractivity contribution in [1.82, 2.24) is 15.0 Å². The maximum absolute atomic E-state index is 5.89. The van der Waals surface area contributed by atoms with Crippen LogP contribution in [0.5, 0.6) is 5.75 Å². The van der Waals surface area contributed by atoms with Crippen LogP contribution in [0.15, 0.2) is 30.5 Å². The Morgan fingerprint density at radius 3 is 2.83 bits per heavy atom. The molecule has 0 fully saturated rings. The average Bonchev–Trinajstić information content (AvgIpc) is 3.46. The molecule has 3 aromatic rings. The third-order valence-electron chi connectivity index (χ3n) is 5.91. The summed E-state index contributed by atoms with van der Waals surface area (Å²) in [5, 5.41) is 2.46. The smallest absolute Gasteiger partial charge is 0.144 e. The lowest BCUT2D eigenvalue weighted by Gasteiger charge is -2.18. The molecular formula is C25H33N3O. The number of H-pyrrole nitrogens is 3. The standard InChI is InChI=1S/C25H33N3O/c1-3-5-6-7-10-18-11-8-12-21-20(18)15-19(27-21)16-24-25(29-4-2)17-23(28-24)22-13-9-14-26-22/h9,12-18,26-28H,3-8,10-11H2,1-2H3. The highest BCUT2D eigenvalue weighted by molar-refractivity contribution is 5.65. The fraction of sp³-hybridized carbons (Fsp3) is 0.440. The molecule has 1 aliphatic rings. The zero-order chi connectivity index (χ0) is 20.1. The van der Waals surface area contributed by atoms with Crippen LogP contribution in [0.2, 0.25) is 0 Å². The molecule has 4 heteroatoms. The number of hydrogen-bond donors (Lipinski definition) is 3. The van der Waals surface area contributed by atoms with Gasteiger partial charge in [-0.25, -0.2) is 0 Å². The average molecular weight is 392 g/mol. The topological polar surface area (TPSA) is 56.6 Å². The molecule has 1 atom stereocenters. The summed E-state index contributed by atoms with van der Waals surface area (Å²) < 4.78 is 5.89. The zero-order valence-electron chi connectivity index (χ0n) is 17.7. The molecule has 0 amide bonds. The lowest BCUT2D eigenvalue weighted by atomic mass is 9.87. The van der Waals surface area contributed by atoms with Crippen molar-refractivity contribution >= 4 is 12.2 Å². The van der Waals surface area contributed by atoms with Crippen molar-refractivity contribution in [3.05, 3.63) is 52.4 Å². The third-order valence-corrected chi connectivity index (χ3v) is 5.91. The Labute approximate surface area is 173 Å². The van der Waals surface area contributed by atoms with E-state index in [1.165, 1.54) is 55.9 Å². The normalized spacial score (nSPS) is 16.6. The van der Waals surface area contributed by atoms with E-state index in [0.717, 1.165) is 28.2 Å². The summed E-state index contributed by atoms with van der Waals surface area (Å²) in [6, 6.07) is 8.50. The molecule has 1 aliphatic carbocycles. The molecule has 1 unspecified atom stereocenters. The minimum atomic E-state index is 0.650. The summed E-state index contributed by atoms with van der Waals surface area (Å²) in [4.78, 5) is 10.4. The minimum Gasteiger partial charge on any atom is -0.492 e. The van der Waals surface area contributed by atoms with Gasteiger partial charge in [-0.3, -0.25) is 0 Å². The number of unbranched alkanes of at least 4 members (excludes halogenated alkanes) is 3. The minimum absolute atomic E-state index is 0.650. The lowest BCUT2D eigenvalue weighted by Crippen LogP contribution is -2.18. The molecule has 0 saturated heterocycles. The Bertz CT molecular complexity index is 1020. The van der Waals surface area contributed by atoms with Crippen LogP contribution in [0.3, 0.4) is 0 Å². The third kappa shape index (κ3) is 4.52. The van der Waals surface area contributed by atoms with Crippen LogP contribution in [0.4, 0.5) is 0 Å². The summed E-state index contributed by atoms with van der Waals surface area (Å²) in [7, 11) is 0. The number of aromatic nitrogens is 3. The quantitative estimate of drug-likeness (QED) is 0.432. The SMILES string of the molecule is CCCCCCC1CCC=c2[nH]c(=Cc3[nH]c(-c4ccc[nH]4)cc3OCC)cc21. The van der Waals surface area contributed by atoms with E-state index in [2.05, 4.69) is 52.2 Å². The molecule has 4 rings (SSSR count). The monoisotopic (exact) mass is 391 g/mol. The number of fused-ring (bicyclic) bond motifs is 1. The molecular weight excluding hydrogens is 358 g/mol. The lowest BCUT2D eigenvalue weighted by molar-refractivity contribution is 0.340. The van der Waals surface area contributed by atoms with Crippen molar-refractivity contribution in [2.45, 2.75) is 64.7 Å². The van der Waals surface area contributed by atoms with Gasteiger partial charge >= 0.3 is 0 Å². The number of ether oxygens (including phenoxy) is 1. The first kappa shape index (κ1) is 19.7. The molecule has 154 valence electrons. The molecule has 3 aromatic heterocycles. The van der Waals surface area contributed by atoms with E-state index in [-0.39, 0.29) is 0 Å². The van der Waals surface area contributed by atoms with Crippen LogP contribution in [0.1, 0.15) is 76.0 Å². The van der Waals surface area contributed by atoms with Crippen LogP contribution in [-0.2, 0) is 0 Å². The van der Waals surface area contributed by atoms with E-state index >= 15 is 0 Å². The van der Waals surface area contributed by atoms with Crippen LogP contribution in [0, 0.1) is 0 Å². The Kier molecular flexibility index (Phi) is 6.28. The highest BCUT2D eigenvalue weighted by Crippen LogP contribution is 2.29. The molecule has 0 spiro atoms. The maximum atomic E-state index is 5.89. The highest BCUT2D eigenvalue weighted by atomic mass is 16.5. The van der Waals surface area contributed by atoms with Gasteiger partial charge in [-0.2, -0.15) is 0 Å². The number of nitrogens with one attached hydrogen (secondary N) is 3. The van der Waals surface area contributed by atoms with Gasteiger partial charge in [0.05, 0.1) is 23.7 Å². The van der Waals surface area contributed by atoms with Gasteiger partial charge < -0.3 is 19.7 Å². The summed E-state index contributed by atoms with van der Waals surface area (Å²) in [6.45, 7) is 4.95. The number of rotatable bonds is 9. The Morgan fingerprint density at radius 1 is 1.10 bits per heavy atom. The van der Waals surface area contributed by atoms with Gasteiger partial charge in [-0.05, 0) is 61.9 Å². The van der Waals surface area contributed by atoms with Crippen LogP contribution >= 0.6 is 0 Å². The summed E-state index contributed by atoms with van der Waals surface area (Å²) in [5.74, 6) is 1.58. The van der Waals surface area contributed by atoms with Crippen molar-refractivity contribution in [3.8, 4) is 17.1 Å². The van der Waals surface area contributed by atoms with Gasteiger partial charge in [-0.1, -0.05) is 38.7 Å². The number of aromatic amines is 3. The van der Waals surface area contributed by atoms with Gasteiger partial charge in [0.1, 0.15) is 5.75 Å². The predicted molar refractivity (Wildman–Crippen MR) is 121 cm³/mol. The van der Waals surface area contributed by atoms with Crippen molar-refractivity contribution < 1.29 is 4.74 Å². The molecule has 0 saturated carbocycles. The molecule has 29 heavy (non-hydrogen) atoms. The van der Waals surface area contributed by atoms with Crippen molar-refractivity contribution in [2.24, 2.45) is 0 Å². The van der Waals surface area contributed by atoms with E-state index < -0.39 is 0 Å². The first-order chi connectivity index (χ1) is 14.3. The molecule has 0 radical (unpaired) electrons. The predicted octanol–water partition coefficient (Wildman–Crippen LogP) is 5.19. The van der Waals surface area contributed by atoms with Gasteiger partial charge in [0.25, 0.3) is 0 Å². The summed E-state index contributed by atoms with van der Waals surface area (Å²) in [5.41, 5.74) is 4.61. The second-order valence-corrected chi connectivity index (χ2v) is 8.04. The molecule has 4 nitrogen and oxygen atoms in total. The summed E-state index contributed by atoms with van der Waals surface area (Å²) in [6.07, 6.45) is 15.6. The van der Waals surface area contributed by atoms with Crippen molar-refractivity contribution in [3.63, 3.8) is 0 Å². The first-order valence-electron chi connectivity index (χ1n) is 11.2. The van der Waals surface area contributed by atoms with Gasteiger partial charge in [0.2, 0.25) is 0 Å². The summed E-state index contributed by atoms with van der Waals surface area (Å²) >= 11 is 0. The maximum Gasteiger partial charge on any atom is 0.144 e. The number of hydrogen-bond acceptors (Lipinski definition) is 1. The van der Waals surface area contributed by atoms with Crippen LogP contribution < -0.4 is 15.4 Å². The Balaban J connectivity index is 1.62. The first-order valence-corrected chi connectivity index (χ1v) is 11.2. The van der Waals surface area contributed by atoms with E-state index in [1.807, 2.05) is 19.2 Å². The fourth-order valence-electron chi connectivity index (χ4n) is 4.43. The second kappa shape index (κ2) is 9.25. The molecule has 0 aliphatic heterocycles. The van der Waals surface area contributed by atoms with Gasteiger partial charge in [0, 0.05) is 23.0 Å². The zero-order valence-corrected chi connectivity index (χ0v) is 17.7. The highest BCUT2D eigenvalue weighted by Gasteiger charge is 2.17. The van der Waals surface area contributed by atoms with E-state index in [1.54, 1.807) is 0 Å². The molecule has 3 N–H and O–H groups in total. The van der Waals surface area contributed by atoms with Gasteiger partial charge in [0.15, 0.2) is 0 Å². The molecule has 0 bridgehead atoms. The van der Waals surface area contributed by atoms with Crippen LogP contribution in [0.25, 0.3) is 23.5 Å². The molecule has 3 heterocycles. The van der Waals surface area contributed by atoms with Crippen LogP contribution in [-0.4, -0.2) is 21.6 Å². The Morgan fingerprint density at radius 2 is 2.03 bits per heavy atom. The second-order valence-electron chi connectivity index (χ2n) is 8.04. The largest absolute Gasteiger partial charge is 0.492 e. The van der Waals surface area contributed by atoms with Gasteiger partial charge in [-0.15, -0.1) is 0 Å². The van der Waals surface area contributed by atoms with E-state index in [4.69, 9.17) is 4.74 Å². The molecule has 0 aromatic carbocycles. The Hall–Kier alpha value is -2.62.